The molecule has 1 unspecified atom stereocenters. The zero-order chi connectivity index (χ0) is 22.0. The highest BCUT2D eigenvalue weighted by molar-refractivity contribution is 7.10. The van der Waals surface area contributed by atoms with Crippen molar-refractivity contribution >= 4 is 28.8 Å². The number of carbonyl (C=O) groups is 2. The first-order valence-corrected chi connectivity index (χ1v) is 10.5. The maximum Gasteiger partial charge on any atom is 0.295 e. The molecule has 0 saturated carbocycles. The minimum atomic E-state index is -0.725. The number of Topliss-reactive ketones (excluding diaryl/α,β-unsaturated/α-hetero) is 1. The molecule has 2 heterocycles. The number of amides is 1. The third kappa shape index (κ3) is 3.68. The van der Waals surface area contributed by atoms with Crippen LogP contribution >= 0.6 is 11.3 Å². The van der Waals surface area contributed by atoms with Crippen LogP contribution in [-0.2, 0) is 16.1 Å². The van der Waals surface area contributed by atoms with Gasteiger partial charge in [-0.25, -0.2) is 0 Å². The van der Waals surface area contributed by atoms with Crippen LogP contribution < -0.4 is 9.47 Å². The van der Waals surface area contributed by atoms with E-state index in [9.17, 15) is 14.7 Å². The molecule has 1 aliphatic rings. The van der Waals surface area contributed by atoms with E-state index in [1.54, 1.807) is 37.4 Å². The molecule has 1 saturated heterocycles. The van der Waals surface area contributed by atoms with Gasteiger partial charge in [0.15, 0.2) is 0 Å². The lowest BCUT2D eigenvalue weighted by molar-refractivity contribution is -0.140. The highest BCUT2D eigenvalue weighted by Crippen LogP contribution is 2.43. The standard InChI is InChI=1S/C24H21NO5S/c1-29-17-10-5-3-8-15(17)14-25-21(19-12-7-13-31-19)20(23(27)24(25)28)22(26)16-9-4-6-11-18(16)30-2/h3-13,21,26H,14H2,1-2H3/b22-20-. The molecule has 4 rings (SSSR count). The maximum atomic E-state index is 13.1. The quantitative estimate of drug-likeness (QED) is 0.353. The number of hydrogen-bond acceptors (Lipinski definition) is 6. The second-order valence-electron chi connectivity index (χ2n) is 6.95. The monoisotopic (exact) mass is 435 g/mol. The van der Waals surface area contributed by atoms with E-state index in [0.717, 1.165) is 10.4 Å². The predicted octanol–water partition coefficient (Wildman–Crippen LogP) is 4.39. The van der Waals surface area contributed by atoms with Gasteiger partial charge in [-0.3, -0.25) is 9.59 Å². The molecule has 1 amide bonds. The van der Waals surface area contributed by atoms with Crippen LogP contribution in [0.25, 0.3) is 5.76 Å². The first-order chi connectivity index (χ1) is 15.1. The lowest BCUT2D eigenvalue weighted by Gasteiger charge is -2.25. The number of aliphatic hydroxyl groups is 1. The Morgan fingerprint density at radius 1 is 0.968 bits per heavy atom. The van der Waals surface area contributed by atoms with E-state index in [0.29, 0.717) is 17.1 Å². The molecule has 1 fully saturated rings. The van der Waals surface area contributed by atoms with Crippen LogP contribution in [0.3, 0.4) is 0 Å². The molecule has 1 aromatic heterocycles. The fourth-order valence-corrected chi connectivity index (χ4v) is 4.63. The molecule has 0 radical (unpaired) electrons. The second kappa shape index (κ2) is 8.65. The molecule has 158 valence electrons. The van der Waals surface area contributed by atoms with Crippen LogP contribution in [0, 0.1) is 0 Å². The number of nitrogens with zero attached hydrogens (tertiary/aromatic N) is 1. The first-order valence-electron chi connectivity index (χ1n) is 9.64. The Bertz CT molecular complexity index is 1150. The molecular formula is C24H21NO5S. The lowest BCUT2D eigenvalue weighted by atomic mass is 9.99. The summed E-state index contributed by atoms with van der Waals surface area (Å²) < 4.78 is 10.8. The summed E-state index contributed by atoms with van der Waals surface area (Å²) in [5.74, 6) is -0.603. The summed E-state index contributed by atoms with van der Waals surface area (Å²) in [5.41, 5.74) is 1.18. The van der Waals surface area contributed by atoms with Crippen LogP contribution in [0.4, 0.5) is 0 Å². The lowest BCUT2D eigenvalue weighted by Crippen LogP contribution is -2.29. The summed E-state index contributed by atoms with van der Waals surface area (Å²) in [4.78, 5) is 28.4. The summed E-state index contributed by atoms with van der Waals surface area (Å²) in [6.07, 6.45) is 0. The number of carbonyl (C=O) groups excluding carboxylic acids is 2. The fourth-order valence-electron chi connectivity index (χ4n) is 3.79. The summed E-state index contributed by atoms with van der Waals surface area (Å²) in [6.45, 7) is 0.167. The van der Waals surface area contributed by atoms with Crippen LogP contribution in [0.2, 0.25) is 0 Å². The molecule has 2 aromatic carbocycles. The molecule has 6 nitrogen and oxygen atoms in total. The van der Waals surface area contributed by atoms with Gasteiger partial charge < -0.3 is 19.5 Å². The predicted molar refractivity (Wildman–Crippen MR) is 118 cm³/mol. The van der Waals surface area contributed by atoms with Gasteiger partial charge in [0, 0.05) is 10.4 Å². The zero-order valence-electron chi connectivity index (χ0n) is 17.1. The zero-order valence-corrected chi connectivity index (χ0v) is 17.9. The molecule has 7 heteroatoms. The SMILES string of the molecule is COc1ccccc1CN1C(=O)C(=O)/C(=C(\O)c2ccccc2OC)C1c1cccs1. The summed E-state index contributed by atoms with van der Waals surface area (Å²) in [5, 5.41) is 13.0. The van der Waals surface area contributed by atoms with Gasteiger partial charge >= 0.3 is 0 Å². The smallest absolute Gasteiger partial charge is 0.295 e. The number of thiophene rings is 1. The van der Waals surface area contributed by atoms with E-state index in [2.05, 4.69) is 0 Å². The Balaban J connectivity index is 1.86. The Morgan fingerprint density at radius 3 is 2.32 bits per heavy atom. The number of benzene rings is 2. The topological polar surface area (TPSA) is 76.1 Å². The van der Waals surface area contributed by atoms with E-state index < -0.39 is 17.7 Å². The molecule has 0 spiro atoms. The van der Waals surface area contributed by atoms with Crippen molar-refractivity contribution < 1.29 is 24.2 Å². The molecule has 1 atom stereocenters. The Hall–Kier alpha value is -3.58. The number of ether oxygens (including phenoxy) is 2. The minimum Gasteiger partial charge on any atom is -0.507 e. The molecule has 1 aliphatic heterocycles. The van der Waals surface area contributed by atoms with Crippen molar-refractivity contribution in [2.75, 3.05) is 14.2 Å². The van der Waals surface area contributed by atoms with Crippen molar-refractivity contribution in [1.82, 2.24) is 4.90 Å². The molecule has 0 aliphatic carbocycles. The second-order valence-corrected chi connectivity index (χ2v) is 7.93. The third-order valence-corrected chi connectivity index (χ3v) is 6.17. The molecular weight excluding hydrogens is 414 g/mol. The number of hydrogen-bond donors (Lipinski definition) is 1. The van der Waals surface area contributed by atoms with Gasteiger partial charge in [-0.2, -0.15) is 0 Å². The van der Waals surface area contributed by atoms with Crippen LogP contribution in [0.5, 0.6) is 11.5 Å². The number of rotatable bonds is 6. The molecule has 1 N–H and O–H groups in total. The fraction of sp³-hybridized carbons (Fsp3) is 0.167. The van der Waals surface area contributed by atoms with Crippen LogP contribution in [0.15, 0.2) is 71.6 Å². The van der Waals surface area contributed by atoms with Crippen molar-refractivity contribution in [2.45, 2.75) is 12.6 Å². The van der Waals surface area contributed by atoms with Gasteiger partial charge in [-0.05, 0) is 29.6 Å². The minimum absolute atomic E-state index is 0.0480. The Morgan fingerprint density at radius 2 is 1.65 bits per heavy atom. The van der Waals surface area contributed by atoms with E-state index in [-0.39, 0.29) is 17.9 Å². The highest BCUT2D eigenvalue weighted by Gasteiger charge is 2.47. The number of methoxy groups -OCH3 is 2. The largest absolute Gasteiger partial charge is 0.507 e. The van der Waals surface area contributed by atoms with Crippen molar-refractivity contribution in [3.63, 3.8) is 0 Å². The van der Waals surface area contributed by atoms with Crippen molar-refractivity contribution in [1.29, 1.82) is 0 Å². The Kier molecular flexibility index (Phi) is 5.77. The third-order valence-electron chi connectivity index (χ3n) is 5.25. The average molecular weight is 436 g/mol. The van der Waals surface area contributed by atoms with Gasteiger partial charge in [-0.1, -0.05) is 36.4 Å². The van der Waals surface area contributed by atoms with E-state index >= 15 is 0 Å². The molecule has 31 heavy (non-hydrogen) atoms. The average Bonchev–Trinajstić information content (AvgIpc) is 3.41. The summed E-state index contributed by atoms with van der Waals surface area (Å²) in [7, 11) is 3.05. The molecule has 3 aromatic rings. The summed E-state index contributed by atoms with van der Waals surface area (Å²) >= 11 is 1.42. The van der Waals surface area contributed by atoms with Gasteiger partial charge in [0.2, 0.25) is 0 Å². The number of aliphatic hydroxyl groups excluding tert-OH is 1. The van der Waals surface area contributed by atoms with E-state index in [4.69, 9.17) is 9.47 Å². The number of para-hydroxylation sites is 2. The van der Waals surface area contributed by atoms with Gasteiger partial charge in [0.25, 0.3) is 11.7 Å². The molecule has 0 bridgehead atoms. The van der Waals surface area contributed by atoms with Crippen molar-refractivity contribution in [3.8, 4) is 11.5 Å². The number of likely N-dealkylation sites (tertiary alicyclic amines) is 1. The van der Waals surface area contributed by atoms with E-state index in [1.165, 1.54) is 23.3 Å². The van der Waals surface area contributed by atoms with Gasteiger partial charge in [0.1, 0.15) is 17.3 Å². The van der Waals surface area contributed by atoms with Crippen LogP contribution in [-0.4, -0.2) is 35.9 Å². The normalized spacial score (nSPS) is 17.7. The highest BCUT2D eigenvalue weighted by atomic mass is 32.1. The van der Waals surface area contributed by atoms with Crippen molar-refractivity contribution in [3.05, 3.63) is 87.6 Å². The van der Waals surface area contributed by atoms with E-state index in [1.807, 2.05) is 35.7 Å². The van der Waals surface area contributed by atoms with Crippen LogP contribution in [0.1, 0.15) is 22.0 Å². The van der Waals surface area contributed by atoms with Crippen molar-refractivity contribution in [2.24, 2.45) is 0 Å². The summed E-state index contributed by atoms with van der Waals surface area (Å²) in [6, 6.07) is 17.2. The Labute approximate surface area is 184 Å². The van der Waals surface area contributed by atoms with Gasteiger partial charge in [0.05, 0.1) is 37.9 Å². The van der Waals surface area contributed by atoms with Gasteiger partial charge in [-0.15, -0.1) is 11.3 Å². The first kappa shape index (κ1) is 20.7. The maximum absolute atomic E-state index is 13.1. The number of ketones is 1.